The summed E-state index contributed by atoms with van der Waals surface area (Å²) in [7, 11) is 0. The Morgan fingerprint density at radius 1 is 0.538 bits per heavy atom. The molecule has 0 spiro atoms. The maximum absolute atomic E-state index is 13.5. The smallest absolute Gasteiger partial charge is 0.305 e. The second-order valence-corrected chi connectivity index (χ2v) is 14.2. The molecule has 0 heterocycles. The van der Waals surface area contributed by atoms with Gasteiger partial charge >= 0.3 is 23.9 Å². The predicted octanol–water partition coefficient (Wildman–Crippen LogP) is -5.59. The maximum Gasteiger partial charge on any atom is 0.305 e. The molecule has 0 aromatic rings. The molecule has 370 valence electrons. The highest BCUT2D eigenvalue weighted by Gasteiger charge is 2.34. The molecular weight excluding hydrogens is 872 g/mol. The van der Waals surface area contributed by atoms with Crippen LogP contribution in [0, 0.1) is 5.92 Å². The van der Waals surface area contributed by atoms with Gasteiger partial charge in [-0.25, -0.2) is 0 Å². The average Bonchev–Trinajstić information content (AvgIpc) is 3.21. The largest absolute Gasteiger partial charge is 0.481 e. The van der Waals surface area contributed by atoms with Crippen LogP contribution in [0.1, 0.15) is 52.9 Å². The van der Waals surface area contributed by atoms with Crippen molar-refractivity contribution in [2.45, 2.75) is 83.1 Å². The average molecular weight is 937 g/mol. The van der Waals surface area contributed by atoms with E-state index in [1.54, 1.807) is 0 Å². The molecule has 0 rings (SSSR count). The van der Waals surface area contributed by atoms with Crippen molar-refractivity contribution in [2.24, 2.45) is 17.5 Å². The zero-order valence-corrected chi connectivity index (χ0v) is 36.5. The van der Waals surface area contributed by atoms with Gasteiger partial charge in [-0.15, -0.1) is 0 Å². The number of nitrogens with one attached hydrogen (secondary N) is 8. The van der Waals surface area contributed by atoms with Gasteiger partial charge in [0.1, 0.15) is 30.2 Å². The van der Waals surface area contributed by atoms with Crippen molar-refractivity contribution in [3.63, 3.8) is 0 Å². The Labute approximate surface area is 373 Å². The molecule has 65 heavy (non-hydrogen) atoms. The van der Waals surface area contributed by atoms with Gasteiger partial charge < -0.3 is 87.8 Å². The quantitative estimate of drug-likeness (QED) is 0.0156. The van der Waals surface area contributed by atoms with Gasteiger partial charge in [0.2, 0.25) is 35.4 Å². The molecule has 0 fully saturated rings. The van der Waals surface area contributed by atoms with Crippen molar-refractivity contribution in [1.29, 1.82) is 0 Å². The zero-order valence-electron chi connectivity index (χ0n) is 36.5. The van der Waals surface area contributed by atoms with Gasteiger partial charge in [-0.3, -0.25) is 53.8 Å². The number of amides is 6. The normalized spacial score (nSPS) is 13.5. The van der Waals surface area contributed by atoms with Crippen LogP contribution in [0.2, 0.25) is 0 Å². The number of rotatable bonds is 38. The van der Waals surface area contributed by atoms with E-state index in [9.17, 15) is 63.3 Å². The topological polar surface area (TPSA) is 437 Å². The highest BCUT2D eigenvalue weighted by Crippen LogP contribution is 2.08. The monoisotopic (exact) mass is 936 g/mol. The van der Waals surface area contributed by atoms with E-state index in [2.05, 4.69) is 42.6 Å². The molecule has 28 heteroatoms. The van der Waals surface area contributed by atoms with Crippen molar-refractivity contribution >= 4 is 59.3 Å². The molecule has 0 aliphatic rings. The molecule has 0 aliphatic heterocycles. The van der Waals surface area contributed by atoms with E-state index in [4.69, 9.17) is 35.6 Å². The van der Waals surface area contributed by atoms with E-state index >= 15 is 0 Å². The van der Waals surface area contributed by atoms with Crippen molar-refractivity contribution in [3.05, 3.63) is 11.9 Å². The third kappa shape index (κ3) is 29.7. The summed E-state index contributed by atoms with van der Waals surface area (Å²) in [5.41, 5.74) is 8.02. The molecule has 0 saturated carbocycles. The fourth-order valence-electron chi connectivity index (χ4n) is 5.05. The molecule has 5 atom stereocenters. The van der Waals surface area contributed by atoms with E-state index in [-0.39, 0.29) is 78.1 Å². The number of aliphatic carboxylic acids is 4. The highest BCUT2D eigenvalue weighted by molar-refractivity contribution is 5.98. The van der Waals surface area contributed by atoms with Gasteiger partial charge in [-0.05, 0) is 19.3 Å². The summed E-state index contributed by atoms with van der Waals surface area (Å²) < 4.78 is 21.1. The van der Waals surface area contributed by atoms with Gasteiger partial charge in [0.25, 0.3) is 0 Å². The molecule has 0 bridgehead atoms. The lowest BCUT2D eigenvalue weighted by atomic mass is 10.0. The third-order valence-electron chi connectivity index (χ3n) is 8.33. The molecule has 16 N–H and O–H groups in total. The van der Waals surface area contributed by atoms with Crippen LogP contribution in [-0.4, -0.2) is 182 Å². The second kappa shape index (κ2) is 34.2. The molecular formula is C37H64N10O18. The van der Waals surface area contributed by atoms with Gasteiger partial charge in [-0.2, -0.15) is 0 Å². The number of carbonyl (C=O) groups excluding carboxylic acids is 6. The number of hydrogen-bond donors (Lipinski definition) is 14. The standard InChI is InChI=1S/C37H64N10O18/c1-21(2)32(47-34(58)24(4-5-28(49)50)45-36(60)25(16-30(53)54)44-27(48)20-40-18-23(38)19-42-39)37(61)46-26(17-31(55)56)35(59)43-22(3)33(57)41-7-9-63-11-13-65-15-14-64-12-10-62-8-6-29(51)52/h19,21-22,24-26,32,40,42H,4-18,20,38-39H2,1-3H3,(H,41,57)(H,43,59)(H,44,48)(H,45,60)(H,46,61)(H,47,58)(H,49,50)(H,51,52)(H,53,54)(H,55,56)/b23-19-/t22-,24-,25-,26-,32-/m0/s1. The van der Waals surface area contributed by atoms with E-state index < -0.39 is 128 Å². The number of nitrogens with two attached hydrogens (primary N) is 2. The SMILES string of the molecule is CC(C)[C@H](NC(=O)[C@H](CCC(=O)O)NC(=O)[C@H](CC(=O)O)NC(=O)CNC/C(N)=C/NN)C(=O)N[C@@H](CC(=O)O)C(=O)N[C@@H](C)C(=O)NCCOCCOCCOCCOCCC(=O)O. The van der Waals surface area contributed by atoms with Crippen molar-refractivity contribution in [2.75, 3.05) is 72.5 Å². The summed E-state index contributed by atoms with van der Waals surface area (Å²) >= 11 is 0. The zero-order chi connectivity index (χ0) is 49.3. The van der Waals surface area contributed by atoms with Crippen LogP contribution in [0.25, 0.3) is 0 Å². The minimum absolute atomic E-state index is 0.0253. The Morgan fingerprint density at radius 3 is 1.52 bits per heavy atom. The Hall–Kier alpha value is -6.20. The molecule has 6 amide bonds. The number of carboxylic acid groups (broad SMARTS) is 4. The predicted molar refractivity (Wildman–Crippen MR) is 223 cm³/mol. The lowest BCUT2D eigenvalue weighted by molar-refractivity contribution is -0.142. The Morgan fingerprint density at radius 2 is 1.02 bits per heavy atom. The second-order valence-electron chi connectivity index (χ2n) is 14.2. The van der Waals surface area contributed by atoms with Crippen molar-refractivity contribution in [3.8, 4) is 0 Å². The van der Waals surface area contributed by atoms with Crippen LogP contribution in [0.3, 0.4) is 0 Å². The third-order valence-corrected chi connectivity index (χ3v) is 8.33. The summed E-state index contributed by atoms with van der Waals surface area (Å²) in [6.07, 6.45) is -2.01. The molecule has 0 radical (unpaired) electrons. The first-order valence-electron chi connectivity index (χ1n) is 20.3. The first-order valence-corrected chi connectivity index (χ1v) is 20.3. The lowest BCUT2D eigenvalue weighted by Gasteiger charge is -2.28. The fourth-order valence-corrected chi connectivity index (χ4v) is 5.05. The van der Waals surface area contributed by atoms with Crippen LogP contribution in [-0.2, 0) is 66.9 Å². The van der Waals surface area contributed by atoms with Gasteiger partial charge in [-0.1, -0.05) is 13.8 Å². The summed E-state index contributed by atoms with van der Waals surface area (Å²) in [5.74, 6) is -6.97. The van der Waals surface area contributed by atoms with E-state index in [1.807, 2.05) is 0 Å². The fraction of sp³-hybridized carbons (Fsp3) is 0.676. The van der Waals surface area contributed by atoms with Gasteiger partial charge in [0, 0.05) is 31.4 Å². The minimum Gasteiger partial charge on any atom is -0.481 e. The first-order chi connectivity index (χ1) is 30.7. The molecule has 28 nitrogen and oxygen atoms in total. The maximum atomic E-state index is 13.5. The van der Waals surface area contributed by atoms with Gasteiger partial charge in [0.15, 0.2) is 0 Å². The molecule has 0 unspecified atom stereocenters. The number of carbonyl (C=O) groups is 10. The number of hydrazine groups is 1. The highest BCUT2D eigenvalue weighted by atomic mass is 16.6. The lowest BCUT2D eigenvalue weighted by Crippen LogP contribution is -2.60. The summed E-state index contributed by atoms with van der Waals surface area (Å²) in [6.45, 7) is 5.43. The van der Waals surface area contributed by atoms with Crippen molar-refractivity contribution < 1.29 is 87.3 Å². The first kappa shape index (κ1) is 58.8. The van der Waals surface area contributed by atoms with Crippen LogP contribution < -0.4 is 54.2 Å². The molecule has 0 saturated heterocycles. The van der Waals surface area contributed by atoms with E-state index in [0.29, 0.717) is 0 Å². The van der Waals surface area contributed by atoms with Gasteiger partial charge in [0.05, 0.1) is 78.7 Å². The Balaban J connectivity index is 5.36. The van der Waals surface area contributed by atoms with Crippen LogP contribution in [0.5, 0.6) is 0 Å². The molecule has 0 aromatic heterocycles. The Kier molecular flexibility index (Phi) is 31.0. The molecule has 0 aliphatic carbocycles. The van der Waals surface area contributed by atoms with E-state index in [1.165, 1.54) is 27.0 Å². The number of carboxylic acids is 4. The van der Waals surface area contributed by atoms with Crippen LogP contribution in [0.4, 0.5) is 0 Å². The number of ether oxygens (including phenoxy) is 4. The van der Waals surface area contributed by atoms with Crippen LogP contribution in [0.15, 0.2) is 11.9 Å². The summed E-state index contributed by atoms with van der Waals surface area (Å²) in [6, 6.07) is -7.96. The van der Waals surface area contributed by atoms with Crippen LogP contribution >= 0.6 is 0 Å². The van der Waals surface area contributed by atoms with Crippen molar-refractivity contribution in [1.82, 2.24) is 42.6 Å². The Bertz CT molecular complexity index is 1600. The summed E-state index contributed by atoms with van der Waals surface area (Å²) in [5, 5.41) is 53.2. The number of hydrogen-bond acceptors (Lipinski definition) is 18. The minimum atomic E-state index is -1.76. The molecule has 0 aromatic carbocycles. The van der Waals surface area contributed by atoms with E-state index in [0.717, 1.165) is 0 Å². The summed E-state index contributed by atoms with van der Waals surface area (Å²) in [4.78, 5) is 124.